The molecule has 7 nitrogen and oxygen atoms in total. The fourth-order valence-electron chi connectivity index (χ4n) is 2.47. The predicted molar refractivity (Wildman–Crippen MR) is 105 cm³/mol. The van der Waals surface area contributed by atoms with E-state index in [1.165, 1.54) is 51.5 Å². The highest BCUT2D eigenvalue weighted by Crippen LogP contribution is 2.28. The number of benzene rings is 2. The van der Waals surface area contributed by atoms with E-state index in [4.69, 9.17) is 4.74 Å². The van der Waals surface area contributed by atoms with Crippen LogP contribution < -0.4 is 15.4 Å². The second-order valence-electron chi connectivity index (χ2n) is 6.35. The summed E-state index contributed by atoms with van der Waals surface area (Å²) in [6, 6.07) is 10.1. The number of halogens is 1. The number of anilines is 1. The maximum Gasteiger partial charge on any atom is 0.242 e. The van der Waals surface area contributed by atoms with Crippen molar-refractivity contribution in [3.63, 3.8) is 0 Å². The van der Waals surface area contributed by atoms with Crippen LogP contribution in [0.4, 0.5) is 10.1 Å². The van der Waals surface area contributed by atoms with Crippen molar-refractivity contribution in [1.29, 1.82) is 0 Å². The molecule has 0 aliphatic rings. The smallest absolute Gasteiger partial charge is 0.242 e. The second kappa shape index (κ2) is 9.13. The van der Waals surface area contributed by atoms with Crippen LogP contribution in [0.1, 0.15) is 18.5 Å². The van der Waals surface area contributed by atoms with Crippen LogP contribution in [0, 0.1) is 5.82 Å². The van der Waals surface area contributed by atoms with Crippen LogP contribution in [-0.4, -0.2) is 46.4 Å². The second-order valence-corrected chi connectivity index (χ2v) is 8.50. The summed E-state index contributed by atoms with van der Waals surface area (Å²) in [6.45, 7) is 1.83. The Bertz CT molecular complexity index is 931. The average molecular weight is 409 g/mol. The first kappa shape index (κ1) is 21.8. The first-order chi connectivity index (χ1) is 13.1. The third-order valence-electron chi connectivity index (χ3n) is 4.16. The van der Waals surface area contributed by atoms with Gasteiger partial charge < -0.3 is 15.4 Å². The molecule has 1 amide bonds. The lowest BCUT2D eigenvalue weighted by Crippen LogP contribution is -2.30. The zero-order chi connectivity index (χ0) is 20.9. The van der Waals surface area contributed by atoms with Gasteiger partial charge in [-0.15, -0.1) is 0 Å². The van der Waals surface area contributed by atoms with E-state index in [0.29, 0.717) is 5.75 Å². The Labute approximate surface area is 164 Å². The van der Waals surface area contributed by atoms with Gasteiger partial charge >= 0.3 is 0 Å². The molecule has 0 aromatic heterocycles. The van der Waals surface area contributed by atoms with E-state index < -0.39 is 10.0 Å². The number of ether oxygens (including phenoxy) is 1. The summed E-state index contributed by atoms with van der Waals surface area (Å²) in [6.07, 6.45) is 0. The number of methoxy groups -OCH3 is 1. The number of hydrogen-bond donors (Lipinski definition) is 2. The summed E-state index contributed by atoms with van der Waals surface area (Å²) in [4.78, 5) is 12.4. The monoisotopic (exact) mass is 409 g/mol. The largest absolute Gasteiger partial charge is 0.495 e. The number of carbonyl (C=O) groups is 1. The van der Waals surface area contributed by atoms with Gasteiger partial charge in [0.2, 0.25) is 15.9 Å². The molecule has 0 bridgehead atoms. The van der Waals surface area contributed by atoms with Crippen LogP contribution in [-0.2, 0) is 14.8 Å². The quantitative estimate of drug-likeness (QED) is 0.699. The molecule has 2 aromatic carbocycles. The van der Waals surface area contributed by atoms with Crippen LogP contribution >= 0.6 is 0 Å². The zero-order valence-corrected chi connectivity index (χ0v) is 17.0. The van der Waals surface area contributed by atoms with E-state index in [9.17, 15) is 17.6 Å². The van der Waals surface area contributed by atoms with Crippen LogP contribution in [0.5, 0.6) is 5.75 Å². The molecule has 9 heteroatoms. The van der Waals surface area contributed by atoms with Crippen molar-refractivity contribution in [2.45, 2.75) is 17.9 Å². The molecule has 2 rings (SSSR count). The van der Waals surface area contributed by atoms with Gasteiger partial charge in [-0.2, -0.15) is 0 Å². The SMILES string of the molecule is COc1ccc(S(=O)(=O)N(C)C)cc1NC(=O)CN[C@@H](C)c1ccc(F)cc1. The fourth-order valence-corrected chi connectivity index (χ4v) is 3.39. The van der Waals surface area contributed by atoms with E-state index >= 15 is 0 Å². The molecule has 0 spiro atoms. The van der Waals surface area contributed by atoms with Crippen molar-refractivity contribution in [3.05, 3.63) is 53.8 Å². The molecule has 0 saturated carbocycles. The van der Waals surface area contributed by atoms with Crippen LogP contribution in [0.3, 0.4) is 0 Å². The van der Waals surface area contributed by atoms with Crippen LogP contribution in [0.25, 0.3) is 0 Å². The lowest BCUT2D eigenvalue weighted by atomic mass is 10.1. The summed E-state index contributed by atoms with van der Waals surface area (Å²) in [5, 5.41) is 5.70. The summed E-state index contributed by atoms with van der Waals surface area (Å²) >= 11 is 0. The summed E-state index contributed by atoms with van der Waals surface area (Å²) in [5.41, 5.74) is 1.09. The average Bonchev–Trinajstić information content (AvgIpc) is 2.66. The summed E-state index contributed by atoms with van der Waals surface area (Å²) in [5.74, 6) is -0.349. The highest BCUT2D eigenvalue weighted by atomic mass is 32.2. The Morgan fingerprint density at radius 3 is 2.39 bits per heavy atom. The molecule has 0 heterocycles. The van der Waals surface area contributed by atoms with Gasteiger partial charge in [0.25, 0.3) is 0 Å². The predicted octanol–water partition coefficient (Wildman–Crippen LogP) is 2.37. The Morgan fingerprint density at radius 1 is 1.18 bits per heavy atom. The minimum Gasteiger partial charge on any atom is -0.495 e. The summed E-state index contributed by atoms with van der Waals surface area (Å²) in [7, 11) is 0.644. The minimum atomic E-state index is -3.65. The third-order valence-corrected chi connectivity index (χ3v) is 5.97. The first-order valence-corrected chi connectivity index (χ1v) is 9.98. The molecule has 1 atom stereocenters. The molecular weight excluding hydrogens is 385 g/mol. The molecule has 2 aromatic rings. The Morgan fingerprint density at radius 2 is 1.82 bits per heavy atom. The van der Waals surface area contributed by atoms with E-state index in [-0.39, 0.29) is 34.9 Å². The number of rotatable bonds is 8. The van der Waals surface area contributed by atoms with Crippen molar-refractivity contribution in [1.82, 2.24) is 9.62 Å². The van der Waals surface area contributed by atoms with E-state index in [2.05, 4.69) is 10.6 Å². The van der Waals surface area contributed by atoms with Gasteiger partial charge in [-0.3, -0.25) is 4.79 Å². The molecule has 2 N–H and O–H groups in total. The van der Waals surface area contributed by atoms with Gasteiger partial charge in [0, 0.05) is 20.1 Å². The number of sulfonamides is 1. The third kappa shape index (κ3) is 5.28. The topological polar surface area (TPSA) is 87.7 Å². The van der Waals surface area contributed by atoms with E-state index in [0.717, 1.165) is 9.87 Å². The Hall–Kier alpha value is -2.49. The van der Waals surface area contributed by atoms with Crippen molar-refractivity contribution in [2.75, 3.05) is 33.1 Å². The highest BCUT2D eigenvalue weighted by Gasteiger charge is 2.20. The fraction of sp³-hybridized carbons (Fsp3) is 0.316. The van der Waals surface area contributed by atoms with Crippen molar-refractivity contribution >= 4 is 21.6 Å². The van der Waals surface area contributed by atoms with Gasteiger partial charge in [0.1, 0.15) is 11.6 Å². The molecule has 0 radical (unpaired) electrons. The van der Waals surface area contributed by atoms with Crippen LogP contribution in [0.15, 0.2) is 47.4 Å². The van der Waals surface area contributed by atoms with Gasteiger partial charge in [0.15, 0.2) is 0 Å². The van der Waals surface area contributed by atoms with Gasteiger partial charge in [-0.1, -0.05) is 12.1 Å². The number of amides is 1. The van der Waals surface area contributed by atoms with Gasteiger partial charge in [-0.25, -0.2) is 17.1 Å². The van der Waals surface area contributed by atoms with E-state index in [1.807, 2.05) is 6.92 Å². The van der Waals surface area contributed by atoms with Crippen molar-refractivity contribution < 1.29 is 22.3 Å². The molecule has 0 unspecified atom stereocenters. The van der Waals surface area contributed by atoms with E-state index in [1.54, 1.807) is 12.1 Å². The van der Waals surface area contributed by atoms with Gasteiger partial charge in [0.05, 0.1) is 24.2 Å². The zero-order valence-electron chi connectivity index (χ0n) is 16.2. The molecule has 28 heavy (non-hydrogen) atoms. The standard InChI is InChI=1S/C19H24FN3O4S/c1-13(14-5-7-15(20)8-6-14)21-12-19(24)22-17-11-16(9-10-18(17)27-4)28(25,26)23(2)3/h5-11,13,21H,12H2,1-4H3,(H,22,24)/t13-/m0/s1. The first-order valence-electron chi connectivity index (χ1n) is 8.54. The molecule has 152 valence electrons. The highest BCUT2D eigenvalue weighted by molar-refractivity contribution is 7.89. The summed E-state index contributed by atoms with van der Waals surface area (Å²) < 4.78 is 43.9. The lowest BCUT2D eigenvalue weighted by Gasteiger charge is -2.16. The normalized spacial score (nSPS) is 12.6. The number of carbonyl (C=O) groups excluding carboxylic acids is 1. The lowest BCUT2D eigenvalue weighted by molar-refractivity contribution is -0.115. The number of nitrogens with one attached hydrogen (secondary N) is 2. The molecular formula is C19H24FN3O4S. The minimum absolute atomic E-state index is 0.0215. The number of hydrogen-bond acceptors (Lipinski definition) is 5. The molecule has 0 fully saturated rings. The molecule has 0 saturated heterocycles. The Kier molecular flexibility index (Phi) is 7.11. The number of nitrogens with zero attached hydrogens (tertiary/aromatic N) is 1. The van der Waals surface area contributed by atoms with Crippen molar-refractivity contribution in [2.24, 2.45) is 0 Å². The van der Waals surface area contributed by atoms with Crippen molar-refractivity contribution in [3.8, 4) is 5.75 Å². The van der Waals surface area contributed by atoms with Gasteiger partial charge in [-0.05, 0) is 42.8 Å². The molecule has 0 aliphatic heterocycles. The molecule has 0 aliphatic carbocycles. The maximum atomic E-state index is 13.0. The maximum absolute atomic E-state index is 13.0. The Balaban J connectivity index is 2.09. The van der Waals surface area contributed by atoms with Crippen LogP contribution in [0.2, 0.25) is 0 Å².